The van der Waals surface area contributed by atoms with Gasteiger partial charge in [-0.05, 0) is 0 Å². The van der Waals surface area contributed by atoms with Gasteiger partial charge in [-0.2, -0.15) is 0 Å². The molecule has 0 aliphatic carbocycles. The van der Waals surface area contributed by atoms with Gasteiger partial charge in [0, 0.05) is 73.1 Å². The maximum Gasteiger partial charge on any atom is 0.466 e. The summed E-state index contributed by atoms with van der Waals surface area (Å²) in [5.74, 6) is 0. The Kier molecular flexibility index (Phi) is 26.4. The number of hydrogen-bond acceptors (Lipinski definition) is 1. The Balaban J connectivity index is -0.0000000267. The third-order valence-electron chi connectivity index (χ3n) is 0. The number of rotatable bonds is 0. The summed E-state index contributed by atoms with van der Waals surface area (Å²) in [6.07, 6.45) is 0. The van der Waals surface area contributed by atoms with Gasteiger partial charge in [-0.3, -0.25) is 0 Å². The zero-order valence-electron chi connectivity index (χ0n) is 4.20. The van der Waals surface area contributed by atoms with Crippen LogP contribution in [0.1, 0.15) is 0 Å². The molecule has 0 aromatic rings. The van der Waals surface area contributed by atoms with Crippen molar-refractivity contribution in [2.24, 2.45) is 0 Å². The molecule has 0 aliphatic rings. The minimum Gasteiger partial charge on any atom is -0.412 e. The van der Waals surface area contributed by atoms with Gasteiger partial charge in [0.15, 0.2) is 0 Å². The van der Waals surface area contributed by atoms with Crippen LogP contribution in [0.4, 0.5) is 0 Å². The fraction of sp³-hybridized carbons (Fsp3) is 0. The third kappa shape index (κ3) is 79.1. The van der Waals surface area contributed by atoms with Gasteiger partial charge < -0.3 is 20.2 Å². The van der Waals surface area contributed by atoms with Crippen LogP contribution in [0.2, 0.25) is 0 Å². The van der Waals surface area contributed by atoms with Crippen LogP contribution < -0.4 is 0 Å². The molecule has 8 heavy (non-hydrogen) atoms. The van der Waals surface area contributed by atoms with Crippen LogP contribution in [-0.4, -0.2) is 71.5 Å². The summed E-state index contributed by atoms with van der Waals surface area (Å²) in [5, 5.41) is 0. The van der Waals surface area contributed by atoms with Crippen molar-refractivity contribution in [3.8, 4) is 0 Å². The minimum atomic E-state index is -4.64. The van der Waals surface area contributed by atoms with Gasteiger partial charge in [0.2, 0.25) is 0 Å². The summed E-state index contributed by atoms with van der Waals surface area (Å²) < 4.78 is 8.88. The number of phosphoric acid groups is 1. The van der Waals surface area contributed by atoms with Crippen molar-refractivity contribution < 1.29 is 46.4 Å². The SMILES string of the molecule is O.O=P(O)(O)O.[K].[Ti]. The van der Waals surface area contributed by atoms with Crippen molar-refractivity contribution in [1.29, 1.82) is 0 Å². The summed E-state index contributed by atoms with van der Waals surface area (Å²) >= 11 is 0. The van der Waals surface area contributed by atoms with Crippen LogP contribution in [0.5, 0.6) is 0 Å². The van der Waals surface area contributed by atoms with Crippen molar-refractivity contribution in [1.82, 2.24) is 0 Å². The molecule has 0 bridgehead atoms. The second-order valence-corrected chi connectivity index (χ2v) is 1.54. The maximum atomic E-state index is 8.88. The van der Waals surface area contributed by atoms with Crippen LogP contribution in [-0.2, 0) is 26.3 Å². The van der Waals surface area contributed by atoms with Crippen molar-refractivity contribution >= 4 is 59.2 Å². The molecule has 0 amide bonds. The van der Waals surface area contributed by atoms with Crippen LogP contribution in [0.25, 0.3) is 0 Å². The van der Waals surface area contributed by atoms with E-state index >= 15 is 0 Å². The average molecular weight is 203 g/mol. The molecule has 0 rings (SSSR count). The third-order valence-corrected chi connectivity index (χ3v) is 0. The Labute approximate surface area is 104 Å². The summed E-state index contributed by atoms with van der Waals surface area (Å²) in [7, 11) is -4.64. The molecule has 0 aromatic carbocycles. The minimum absolute atomic E-state index is 0. The molecule has 0 saturated heterocycles. The van der Waals surface area contributed by atoms with Gasteiger partial charge in [-0.1, -0.05) is 0 Å². The Morgan fingerprint density at radius 3 is 1.12 bits per heavy atom. The molecule has 0 fully saturated rings. The Bertz CT molecular complexity index is 58.6. The Morgan fingerprint density at radius 1 is 1.12 bits per heavy atom. The first-order chi connectivity index (χ1) is 2.00. The molecule has 0 aromatic heterocycles. The molecular weight excluding hydrogens is 198 g/mol. The Hall–Kier alpha value is 2.42. The largest absolute Gasteiger partial charge is 0.466 e. The van der Waals surface area contributed by atoms with Crippen LogP contribution in [0, 0.1) is 0 Å². The molecule has 8 heteroatoms. The summed E-state index contributed by atoms with van der Waals surface area (Å²) in [6.45, 7) is 0. The number of hydrogen-bond donors (Lipinski definition) is 3. The topological polar surface area (TPSA) is 109 Å². The molecule has 5 N–H and O–H groups in total. The van der Waals surface area contributed by atoms with Crippen molar-refractivity contribution in [3.05, 3.63) is 0 Å². The molecule has 0 heterocycles. The zero-order chi connectivity index (χ0) is 4.50. The van der Waals surface area contributed by atoms with Crippen LogP contribution in [0.3, 0.4) is 0 Å². The van der Waals surface area contributed by atoms with E-state index in [9.17, 15) is 0 Å². The van der Waals surface area contributed by atoms with E-state index in [-0.39, 0.29) is 78.6 Å². The van der Waals surface area contributed by atoms with E-state index in [1.165, 1.54) is 0 Å². The molecule has 0 saturated carbocycles. The normalized spacial score (nSPS) is 7.38. The van der Waals surface area contributed by atoms with Crippen LogP contribution >= 0.6 is 7.82 Å². The molecule has 45 valence electrons. The standard InChI is InChI=1S/K.H3O4P.H2O.Ti/c;1-5(2,3)4;;/h;(H3,1,2,3,4);1H2;. The molecular formula is H5KO5PTi. The van der Waals surface area contributed by atoms with Crippen molar-refractivity contribution in [2.45, 2.75) is 0 Å². The van der Waals surface area contributed by atoms with Gasteiger partial charge in [-0.25, -0.2) is 4.57 Å². The molecule has 1 radical (unpaired) electrons. The smallest absolute Gasteiger partial charge is 0.412 e. The molecule has 0 unspecified atom stereocenters. The fourth-order valence-electron chi connectivity index (χ4n) is 0. The van der Waals surface area contributed by atoms with E-state index in [4.69, 9.17) is 19.2 Å². The van der Waals surface area contributed by atoms with E-state index in [0.29, 0.717) is 0 Å². The van der Waals surface area contributed by atoms with Gasteiger partial charge in [0.25, 0.3) is 0 Å². The molecule has 5 nitrogen and oxygen atoms in total. The summed E-state index contributed by atoms with van der Waals surface area (Å²) in [4.78, 5) is 21.6. The van der Waals surface area contributed by atoms with E-state index in [1.54, 1.807) is 0 Å². The van der Waals surface area contributed by atoms with Gasteiger partial charge in [0.1, 0.15) is 0 Å². The molecule has 0 spiro atoms. The zero-order valence-corrected chi connectivity index (χ0v) is 9.78. The van der Waals surface area contributed by atoms with Crippen molar-refractivity contribution in [3.63, 3.8) is 0 Å². The Morgan fingerprint density at radius 2 is 1.12 bits per heavy atom. The van der Waals surface area contributed by atoms with Gasteiger partial charge in [0.05, 0.1) is 0 Å². The van der Waals surface area contributed by atoms with E-state index < -0.39 is 7.82 Å². The van der Waals surface area contributed by atoms with E-state index in [0.717, 1.165) is 0 Å². The van der Waals surface area contributed by atoms with E-state index in [1.807, 2.05) is 0 Å². The van der Waals surface area contributed by atoms with Crippen LogP contribution in [0.15, 0.2) is 0 Å². The molecule has 0 aliphatic heterocycles. The van der Waals surface area contributed by atoms with E-state index in [2.05, 4.69) is 0 Å². The first kappa shape index (κ1) is 22.4. The fourth-order valence-corrected chi connectivity index (χ4v) is 0. The second kappa shape index (κ2) is 9.42. The first-order valence-electron chi connectivity index (χ1n) is 0.783. The first-order valence-corrected chi connectivity index (χ1v) is 2.35. The van der Waals surface area contributed by atoms with Crippen molar-refractivity contribution in [2.75, 3.05) is 0 Å². The molecule has 0 atom stereocenters. The quantitative estimate of drug-likeness (QED) is 0.308. The summed E-state index contributed by atoms with van der Waals surface area (Å²) in [5.41, 5.74) is 0. The predicted octanol–water partition coefficient (Wildman–Crippen LogP) is -2.14. The second-order valence-electron chi connectivity index (χ2n) is 0.513. The predicted molar refractivity (Wildman–Crippen MR) is 23.6 cm³/mol. The monoisotopic (exact) mass is 203 g/mol. The average Bonchev–Trinajstić information content (AvgIpc) is 0.722. The maximum absolute atomic E-state index is 8.88. The van der Waals surface area contributed by atoms with Gasteiger partial charge in [-0.15, -0.1) is 0 Å². The summed E-state index contributed by atoms with van der Waals surface area (Å²) in [6, 6.07) is 0. The van der Waals surface area contributed by atoms with Gasteiger partial charge >= 0.3 is 7.82 Å².